The highest BCUT2D eigenvalue weighted by molar-refractivity contribution is 6.17. The zero-order chi connectivity index (χ0) is 28.2. The Kier molecular flexibility index (Phi) is 7.20. The monoisotopic (exact) mass is 541 g/mol. The van der Waals surface area contributed by atoms with Crippen LogP contribution < -0.4 is 9.47 Å². The van der Waals surface area contributed by atoms with Crippen molar-refractivity contribution >= 4 is 33.4 Å². The first-order valence-electron chi connectivity index (χ1n) is 13.3. The van der Waals surface area contributed by atoms with Crippen molar-refractivity contribution in [2.75, 3.05) is 0 Å². The molecule has 6 rings (SSSR count). The molecule has 0 radical (unpaired) electrons. The van der Waals surface area contributed by atoms with E-state index in [0.29, 0.717) is 45.8 Å². The van der Waals surface area contributed by atoms with Crippen LogP contribution in [0.5, 0.6) is 11.5 Å². The molecule has 0 unspecified atom stereocenters. The van der Waals surface area contributed by atoms with Crippen molar-refractivity contribution < 1.29 is 24.2 Å². The Balaban J connectivity index is 1.44. The lowest BCUT2D eigenvalue weighted by Crippen LogP contribution is -2.15. The van der Waals surface area contributed by atoms with Crippen LogP contribution in [0.2, 0.25) is 0 Å². The fourth-order valence-electron chi connectivity index (χ4n) is 5.08. The summed E-state index contributed by atoms with van der Waals surface area (Å²) >= 11 is 0. The summed E-state index contributed by atoms with van der Waals surface area (Å²) in [6.45, 7) is 0.0513. The van der Waals surface area contributed by atoms with Crippen LogP contribution in [0.1, 0.15) is 27.2 Å². The molecule has 0 atom stereocenters. The van der Waals surface area contributed by atoms with Crippen LogP contribution >= 0.6 is 0 Å². The van der Waals surface area contributed by atoms with Crippen molar-refractivity contribution in [3.05, 3.63) is 144 Å². The van der Waals surface area contributed by atoms with Crippen molar-refractivity contribution in [2.45, 2.75) is 19.8 Å². The molecule has 0 aliphatic rings. The molecule has 0 spiro atoms. The highest BCUT2D eigenvalue weighted by Crippen LogP contribution is 2.33. The van der Waals surface area contributed by atoms with Gasteiger partial charge in [-0.25, -0.2) is 0 Å². The first-order valence-corrected chi connectivity index (χ1v) is 13.3. The number of benzene rings is 5. The molecule has 0 saturated carbocycles. The molecule has 1 heterocycles. The summed E-state index contributed by atoms with van der Waals surface area (Å²) in [5, 5.41) is 12.5. The standard InChI is InChI=1S/C35H27NO5/c37-33(38)21-36-31-18-17-29(40-22-24-9-3-1-4-10-24)20-30(31)34(35(39)26-12-5-2-6-13-26)32(36)23-41-28-16-15-25-11-7-8-14-27(25)19-28/h1-20H,21-23H2,(H,37,38). The summed E-state index contributed by atoms with van der Waals surface area (Å²) in [5.41, 5.74) is 3.03. The Morgan fingerprint density at radius 2 is 1.29 bits per heavy atom. The van der Waals surface area contributed by atoms with Gasteiger partial charge in [0.2, 0.25) is 0 Å². The second-order valence-electron chi connectivity index (χ2n) is 9.75. The summed E-state index contributed by atoms with van der Waals surface area (Å²) in [6, 6.07) is 38.0. The van der Waals surface area contributed by atoms with Crippen molar-refractivity contribution in [1.29, 1.82) is 0 Å². The van der Waals surface area contributed by atoms with E-state index < -0.39 is 5.97 Å². The Morgan fingerprint density at radius 1 is 0.659 bits per heavy atom. The molecule has 0 saturated heterocycles. The fourth-order valence-corrected chi connectivity index (χ4v) is 5.08. The van der Waals surface area contributed by atoms with Crippen LogP contribution in [0.15, 0.2) is 121 Å². The third kappa shape index (κ3) is 5.54. The van der Waals surface area contributed by atoms with Gasteiger partial charge in [0.05, 0.1) is 11.3 Å². The van der Waals surface area contributed by atoms with Crippen LogP contribution in [-0.4, -0.2) is 21.4 Å². The summed E-state index contributed by atoms with van der Waals surface area (Å²) in [4.78, 5) is 26.0. The molecule has 1 aromatic heterocycles. The maximum atomic E-state index is 14.0. The number of hydrogen-bond acceptors (Lipinski definition) is 4. The average molecular weight is 542 g/mol. The number of carboxylic acid groups (broad SMARTS) is 1. The lowest BCUT2D eigenvalue weighted by atomic mass is 10.00. The Morgan fingerprint density at radius 3 is 2.05 bits per heavy atom. The lowest BCUT2D eigenvalue weighted by Gasteiger charge is -2.12. The zero-order valence-corrected chi connectivity index (χ0v) is 22.2. The molecule has 6 aromatic rings. The van der Waals surface area contributed by atoms with Gasteiger partial charge < -0.3 is 19.1 Å². The molecular formula is C35H27NO5. The van der Waals surface area contributed by atoms with E-state index in [9.17, 15) is 14.7 Å². The Bertz CT molecular complexity index is 1860. The van der Waals surface area contributed by atoms with Crippen LogP contribution in [0.25, 0.3) is 21.7 Å². The molecule has 6 nitrogen and oxygen atoms in total. The third-order valence-corrected chi connectivity index (χ3v) is 7.04. The molecule has 0 aliphatic carbocycles. The van der Waals surface area contributed by atoms with Gasteiger partial charge in [0.1, 0.15) is 31.3 Å². The molecule has 0 aliphatic heterocycles. The first kappa shape index (κ1) is 25.9. The number of nitrogens with zero attached hydrogens (tertiary/aromatic N) is 1. The Labute approximate surface area is 237 Å². The second-order valence-corrected chi connectivity index (χ2v) is 9.75. The number of aliphatic carboxylic acids is 1. The number of rotatable bonds is 10. The van der Waals surface area contributed by atoms with Gasteiger partial charge >= 0.3 is 5.97 Å². The molecule has 0 bridgehead atoms. The highest BCUT2D eigenvalue weighted by atomic mass is 16.5. The number of carbonyl (C=O) groups is 2. The molecule has 0 fully saturated rings. The molecular weight excluding hydrogens is 514 g/mol. The maximum Gasteiger partial charge on any atom is 0.323 e. The second kappa shape index (κ2) is 11.4. The van der Waals surface area contributed by atoms with E-state index in [4.69, 9.17) is 9.47 Å². The van der Waals surface area contributed by atoms with Gasteiger partial charge in [-0.05, 0) is 46.7 Å². The minimum atomic E-state index is -1.02. The summed E-state index contributed by atoms with van der Waals surface area (Å²) in [7, 11) is 0. The number of carboxylic acids is 1. The van der Waals surface area contributed by atoms with Gasteiger partial charge in [0.15, 0.2) is 5.78 Å². The van der Waals surface area contributed by atoms with Crippen molar-refractivity contribution in [1.82, 2.24) is 4.57 Å². The van der Waals surface area contributed by atoms with Crippen molar-refractivity contribution in [2.24, 2.45) is 0 Å². The van der Waals surface area contributed by atoms with Gasteiger partial charge in [-0.1, -0.05) is 91.0 Å². The largest absolute Gasteiger partial charge is 0.489 e. The van der Waals surface area contributed by atoms with E-state index in [-0.39, 0.29) is 18.9 Å². The SMILES string of the molecule is O=C(O)Cn1c(COc2ccc3ccccc3c2)c(C(=O)c2ccccc2)c2cc(OCc3ccccc3)ccc21. The zero-order valence-electron chi connectivity index (χ0n) is 22.2. The molecule has 5 aromatic carbocycles. The molecule has 41 heavy (non-hydrogen) atoms. The quantitative estimate of drug-likeness (QED) is 0.185. The topological polar surface area (TPSA) is 77.8 Å². The molecule has 0 amide bonds. The Hall–Kier alpha value is -5.36. The van der Waals surface area contributed by atoms with Crippen molar-refractivity contribution in [3.8, 4) is 11.5 Å². The smallest absolute Gasteiger partial charge is 0.323 e. The first-order chi connectivity index (χ1) is 20.1. The van der Waals surface area contributed by atoms with Crippen LogP contribution in [0.4, 0.5) is 0 Å². The van der Waals surface area contributed by atoms with Gasteiger partial charge in [-0.15, -0.1) is 0 Å². The molecule has 202 valence electrons. The van der Waals surface area contributed by atoms with E-state index in [1.807, 2.05) is 97.1 Å². The normalized spacial score (nSPS) is 11.0. The highest BCUT2D eigenvalue weighted by Gasteiger charge is 2.25. The average Bonchev–Trinajstić information content (AvgIpc) is 3.31. The number of carbonyl (C=O) groups excluding carboxylic acids is 1. The third-order valence-electron chi connectivity index (χ3n) is 7.04. The van der Waals surface area contributed by atoms with E-state index >= 15 is 0 Å². The number of hydrogen-bond donors (Lipinski definition) is 1. The van der Waals surface area contributed by atoms with Crippen LogP contribution in [-0.2, 0) is 24.6 Å². The van der Waals surface area contributed by atoms with Gasteiger partial charge in [-0.2, -0.15) is 0 Å². The predicted molar refractivity (Wildman–Crippen MR) is 159 cm³/mol. The minimum Gasteiger partial charge on any atom is -0.489 e. The van der Waals surface area contributed by atoms with E-state index in [2.05, 4.69) is 0 Å². The van der Waals surface area contributed by atoms with Gasteiger partial charge in [0.25, 0.3) is 0 Å². The van der Waals surface area contributed by atoms with Crippen molar-refractivity contribution in [3.63, 3.8) is 0 Å². The van der Waals surface area contributed by atoms with E-state index in [0.717, 1.165) is 16.3 Å². The number of ether oxygens (including phenoxy) is 2. The number of aromatic nitrogens is 1. The molecule has 6 heteroatoms. The maximum absolute atomic E-state index is 14.0. The summed E-state index contributed by atoms with van der Waals surface area (Å²) < 4.78 is 13.9. The predicted octanol–water partition coefficient (Wildman–Crippen LogP) is 7.27. The number of fused-ring (bicyclic) bond motifs is 2. The minimum absolute atomic E-state index is 0.00835. The molecule has 1 N–H and O–H groups in total. The van der Waals surface area contributed by atoms with Gasteiger partial charge in [0, 0.05) is 16.5 Å². The fraction of sp³-hybridized carbons (Fsp3) is 0.0857. The van der Waals surface area contributed by atoms with E-state index in [1.54, 1.807) is 28.8 Å². The van der Waals surface area contributed by atoms with Crippen LogP contribution in [0, 0.1) is 0 Å². The number of ketones is 1. The van der Waals surface area contributed by atoms with Crippen LogP contribution in [0.3, 0.4) is 0 Å². The summed E-state index contributed by atoms with van der Waals surface area (Å²) in [5.74, 6) is -0.0206. The van der Waals surface area contributed by atoms with E-state index in [1.165, 1.54) is 0 Å². The van der Waals surface area contributed by atoms with Gasteiger partial charge in [-0.3, -0.25) is 9.59 Å². The summed E-state index contributed by atoms with van der Waals surface area (Å²) in [6.07, 6.45) is 0. The lowest BCUT2D eigenvalue weighted by molar-refractivity contribution is -0.137.